The summed E-state index contributed by atoms with van der Waals surface area (Å²) in [5.41, 5.74) is 1.01. The number of ether oxygens (including phenoxy) is 1. The van der Waals surface area contributed by atoms with Crippen LogP contribution in [0.1, 0.15) is 18.1 Å². The molecule has 1 aliphatic rings. The smallest absolute Gasteiger partial charge is 0.234 e. The van der Waals surface area contributed by atoms with Gasteiger partial charge in [-0.2, -0.15) is 0 Å². The average Bonchev–Trinajstić information content (AvgIpc) is 2.51. The molecule has 0 bridgehead atoms. The van der Waals surface area contributed by atoms with E-state index in [-0.39, 0.29) is 37.2 Å². The van der Waals surface area contributed by atoms with Gasteiger partial charge in [0.15, 0.2) is 0 Å². The Bertz CT molecular complexity index is 765. The summed E-state index contributed by atoms with van der Waals surface area (Å²) in [4.78, 5) is 13.7. The van der Waals surface area contributed by atoms with Gasteiger partial charge in [-0.05, 0) is 37.3 Å². The van der Waals surface area contributed by atoms with Crippen LogP contribution in [0.3, 0.4) is 0 Å². The predicted molar refractivity (Wildman–Crippen MR) is 85.7 cm³/mol. The zero-order valence-corrected chi connectivity index (χ0v) is 13.3. The van der Waals surface area contributed by atoms with Crippen LogP contribution in [-0.2, 0) is 17.9 Å². The maximum Gasteiger partial charge on any atom is 0.234 e. The molecule has 1 amide bonds. The number of amides is 1. The molecule has 1 N–H and O–H groups in total. The lowest BCUT2D eigenvalue weighted by atomic mass is 10.1. The number of hydrogen-bond donors (Lipinski definition) is 1. The van der Waals surface area contributed by atoms with Crippen LogP contribution < -0.4 is 10.1 Å². The minimum Gasteiger partial charge on any atom is -0.457 e. The molecule has 24 heavy (non-hydrogen) atoms. The van der Waals surface area contributed by atoms with E-state index in [1.807, 2.05) is 6.92 Å². The molecule has 0 saturated carbocycles. The molecule has 0 fully saturated rings. The number of carbonyl (C=O) groups excluding carboxylic acids is 1. The SMILES string of the molecule is CCNC(=O)CN1Cc2cc(F)ccc2Oc2cccc(F)c2C1. The summed E-state index contributed by atoms with van der Waals surface area (Å²) < 4.78 is 33.6. The average molecular weight is 332 g/mol. The molecule has 0 saturated heterocycles. The molecule has 2 aromatic carbocycles. The van der Waals surface area contributed by atoms with Crippen molar-refractivity contribution in [2.24, 2.45) is 0 Å². The molecule has 6 heteroatoms. The number of hydrogen-bond acceptors (Lipinski definition) is 3. The first-order chi connectivity index (χ1) is 11.6. The van der Waals surface area contributed by atoms with Crippen molar-refractivity contribution in [1.29, 1.82) is 0 Å². The van der Waals surface area contributed by atoms with E-state index in [4.69, 9.17) is 4.74 Å². The van der Waals surface area contributed by atoms with E-state index in [0.717, 1.165) is 0 Å². The third kappa shape index (κ3) is 3.54. The van der Waals surface area contributed by atoms with E-state index in [0.29, 0.717) is 29.2 Å². The zero-order chi connectivity index (χ0) is 17.1. The van der Waals surface area contributed by atoms with E-state index in [1.54, 1.807) is 17.0 Å². The fourth-order valence-electron chi connectivity index (χ4n) is 2.77. The molecule has 2 aromatic rings. The van der Waals surface area contributed by atoms with Gasteiger partial charge >= 0.3 is 0 Å². The monoisotopic (exact) mass is 332 g/mol. The number of halogens is 2. The third-order valence-electron chi connectivity index (χ3n) is 3.84. The van der Waals surface area contributed by atoms with E-state index in [9.17, 15) is 13.6 Å². The molecule has 126 valence electrons. The minimum absolute atomic E-state index is 0.0948. The van der Waals surface area contributed by atoms with Gasteiger partial charge in [0, 0.05) is 30.8 Å². The highest BCUT2D eigenvalue weighted by Gasteiger charge is 2.22. The predicted octanol–water partition coefficient (Wildman–Crippen LogP) is 3.21. The number of fused-ring (bicyclic) bond motifs is 2. The Kier molecular flexibility index (Phi) is 4.76. The minimum atomic E-state index is -0.390. The molecule has 4 nitrogen and oxygen atoms in total. The highest BCUT2D eigenvalue weighted by atomic mass is 19.1. The molecule has 0 unspecified atom stereocenters. The fraction of sp³-hybridized carbons (Fsp3) is 0.278. The van der Waals surface area contributed by atoms with Crippen LogP contribution in [0.4, 0.5) is 8.78 Å². The topological polar surface area (TPSA) is 41.6 Å². The summed E-state index contributed by atoms with van der Waals surface area (Å²) in [6.45, 7) is 2.94. The molecule has 0 atom stereocenters. The second-order valence-corrected chi connectivity index (χ2v) is 5.67. The summed E-state index contributed by atoms with van der Waals surface area (Å²) >= 11 is 0. The van der Waals surface area contributed by atoms with Crippen molar-refractivity contribution in [1.82, 2.24) is 10.2 Å². The van der Waals surface area contributed by atoms with Crippen LogP contribution in [0, 0.1) is 11.6 Å². The number of nitrogens with zero attached hydrogens (tertiary/aromatic N) is 1. The highest BCUT2D eigenvalue weighted by Crippen LogP contribution is 2.34. The first-order valence-corrected chi connectivity index (χ1v) is 7.79. The van der Waals surface area contributed by atoms with Gasteiger partial charge in [0.2, 0.25) is 5.91 Å². The highest BCUT2D eigenvalue weighted by molar-refractivity contribution is 5.78. The van der Waals surface area contributed by atoms with Gasteiger partial charge in [-0.25, -0.2) is 8.78 Å². The molecule has 0 aliphatic carbocycles. The van der Waals surface area contributed by atoms with E-state index in [2.05, 4.69) is 5.32 Å². The van der Waals surface area contributed by atoms with Gasteiger partial charge in [-0.15, -0.1) is 0 Å². The third-order valence-corrected chi connectivity index (χ3v) is 3.84. The molecule has 0 spiro atoms. The first kappa shape index (κ1) is 16.4. The summed E-state index contributed by atoms with van der Waals surface area (Å²) in [6.07, 6.45) is 0. The largest absolute Gasteiger partial charge is 0.457 e. The number of likely N-dealkylation sites (N-methyl/N-ethyl adjacent to an activating group) is 1. The van der Waals surface area contributed by atoms with Crippen molar-refractivity contribution < 1.29 is 18.3 Å². The molecule has 0 aromatic heterocycles. The van der Waals surface area contributed by atoms with Crippen molar-refractivity contribution in [2.75, 3.05) is 13.1 Å². The van der Waals surface area contributed by atoms with E-state index in [1.165, 1.54) is 24.3 Å². The number of nitrogens with one attached hydrogen (secondary N) is 1. The zero-order valence-electron chi connectivity index (χ0n) is 13.3. The quantitative estimate of drug-likeness (QED) is 0.938. The molecule has 1 heterocycles. The van der Waals surface area contributed by atoms with Gasteiger partial charge in [0.05, 0.1) is 6.54 Å². The normalized spacial score (nSPS) is 14.0. The standard InChI is InChI=1S/C18H18F2N2O2/c1-2-21-18(23)11-22-9-12-8-13(19)6-7-16(12)24-17-5-3-4-15(20)14(17)10-22/h3-8H,2,9-11H2,1H3,(H,21,23). The second kappa shape index (κ2) is 6.97. The van der Waals surface area contributed by atoms with E-state index >= 15 is 0 Å². The Hall–Kier alpha value is -2.47. The Morgan fingerprint density at radius 2 is 2.04 bits per heavy atom. The maximum atomic E-state index is 14.2. The molecule has 0 radical (unpaired) electrons. The van der Waals surface area contributed by atoms with Crippen LogP contribution in [0.15, 0.2) is 36.4 Å². The number of carbonyl (C=O) groups is 1. The van der Waals surface area contributed by atoms with Gasteiger partial charge in [0.25, 0.3) is 0 Å². The molecule has 3 rings (SSSR count). The van der Waals surface area contributed by atoms with Crippen molar-refractivity contribution in [3.05, 3.63) is 59.2 Å². The van der Waals surface area contributed by atoms with Gasteiger partial charge < -0.3 is 10.1 Å². The Morgan fingerprint density at radius 3 is 2.83 bits per heavy atom. The lowest BCUT2D eigenvalue weighted by Crippen LogP contribution is -2.37. The summed E-state index contributed by atoms with van der Waals surface area (Å²) in [5.74, 6) is -0.0866. The Balaban J connectivity index is 2.00. The van der Waals surface area contributed by atoms with Crippen molar-refractivity contribution in [2.45, 2.75) is 20.0 Å². The van der Waals surface area contributed by atoms with Crippen molar-refractivity contribution in [3.8, 4) is 11.5 Å². The molecular weight excluding hydrogens is 314 g/mol. The Morgan fingerprint density at radius 1 is 1.21 bits per heavy atom. The summed E-state index contributed by atoms with van der Waals surface area (Å²) in [7, 11) is 0. The lowest BCUT2D eigenvalue weighted by molar-refractivity contribution is -0.122. The molecule has 1 aliphatic heterocycles. The Labute approximate surface area is 139 Å². The maximum absolute atomic E-state index is 14.2. The van der Waals surface area contributed by atoms with Crippen LogP contribution in [-0.4, -0.2) is 23.9 Å². The van der Waals surface area contributed by atoms with Gasteiger partial charge in [-0.3, -0.25) is 9.69 Å². The van der Waals surface area contributed by atoms with Crippen molar-refractivity contribution >= 4 is 5.91 Å². The molecular formula is C18H18F2N2O2. The second-order valence-electron chi connectivity index (χ2n) is 5.67. The fourth-order valence-corrected chi connectivity index (χ4v) is 2.77. The van der Waals surface area contributed by atoms with Crippen LogP contribution in [0.5, 0.6) is 11.5 Å². The summed E-state index contributed by atoms with van der Waals surface area (Å²) in [5, 5.41) is 2.72. The van der Waals surface area contributed by atoms with Crippen LogP contribution in [0.25, 0.3) is 0 Å². The first-order valence-electron chi connectivity index (χ1n) is 7.79. The van der Waals surface area contributed by atoms with Crippen LogP contribution in [0.2, 0.25) is 0 Å². The van der Waals surface area contributed by atoms with Crippen molar-refractivity contribution in [3.63, 3.8) is 0 Å². The summed E-state index contributed by atoms with van der Waals surface area (Å²) in [6, 6.07) is 8.79. The lowest BCUT2D eigenvalue weighted by Gasteiger charge is -2.27. The van der Waals surface area contributed by atoms with Gasteiger partial charge in [-0.1, -0.05) is 6.07 Å². The van der Waals surface area contributed by atoms with Gasteiger partial charge in [0.1, 0.15) is 23.1 Å². The number of benzene rings is 2. The number of rotatable bonds is 3. The van der Waals surface area contributed by atoms with E-state index < -0.39 is 0 Å². The van der Waals surface area contributed by atoms with Crippen LogP contribution >= 0.6 is 0 Å².